The molecule has 0 radical (unpaired) electrons. The van der Waals surface area contributed by atoms with Crippen molar-refractivity contribution in [3.63, 3.8) is 0 Å². The highest BCUT2D eigenvalue weighted by molar-refractivity contribution is 7.15. The Kier molecular flexibility index (Phi) is 9.40. The van der Waals surface area contributed by atoms with Crippen LogP contribution in [0.15, 0.2) is 36.4 Å². The van der Waals surface area contributed by atoms with Gasteiger partial charge in [-0.2, -0.15) is 0 Å². The molecule has 3 aromatic rings. The second kappa shape index (κ2) is 13.3. The third kappa shape index (κ3) is 6.93. The first-order valence-electron chi connectivity index (χ1n) is 14.4. The largest absolute Gasteiger partial charge is 0.493 e. The molecule has 0 fully saturated rings. The molecule has 0 aliphatic heterocycles. The molecule has 1 atom stereocenters. The number of benzene rings is 2. The van der Waals surface area contributed by atoms with Gasteiger partial charge in [-0.1, -0.05) is 13.0 Å². The van der Waals surface area contributed by atoms with Gasteiger partial charge < -0.3 is 18.9 Å². The highest BCUT2D eigenvalue weighted by Gasteiger charge is 2.25. The molecule has 5 rings (SSSR count). The lowest BCUT2D eigenvalue weighted by atomic mass is 9.98. The fraction of sp³-hybridized carbons (Fsp3) is 0.500. The van der Waals surface area contributed by atoms with Crippen molar-refractivity contribution >= 4 is 17.3 Å². The lowest BCUT2D eigenvalue weighted by molar-refractivity contribution is -0.143. The van der Waals surface area contributed by atoms with Gasteiger partial charge in [0.1, 0.15) is 10.8 Å². The van der Waals surface area contributed by atoms with Crippen LogP contribution < -0.4 is 14.2 Å². The third-order valence-electron chi connectivity index (χ3n) is 7.35. The summed E-state index contributed by atoms with van der Waals surface area (Å²) >= 11 is 1.82. The Balaban J connectivity index is 1.13. The van der Waals surface area contributed by atoms with Gasteiger partial charge in [0, 0.05) is 16.9 Å². The van der Waals surface area contributed by atoms with Crippen molar-refractivity contribution in [1.29, 1.82) is 0 Å². The molecule has 0 spiro atoms. The van der Waals surface area contributed by atoms with Crippen molar-refractivity contribution in [2.24, 2.45) is 0 Å². The van der Waals surface area contributed by atoms with Crippen LogP contribution in [0.25, 0.3) is 10.6 Å². The van der Waals surface area contributed by atoms with E-state index in [-0.39, 0.29) is 11.9 Å². The van der Waals surface area contributed by atoms with E-state index in [0.717, 1.165) is 66.3 Å². The maximum Gasteiger partial charge on any atom is 0.306 e. The van der Waals surface area contributed by atoms with E-state index in [1.807, 2.05) is 30.4 Å². The molecule has 208 valence electrons. The predicted octanol–water partition coefficient (Wildman–Crippen LogP) is 7.31. The van der Waals surface area contributed by atoms with E-state index in [1.165, 1.54) is 34.5 Å². The number of fused-ring (bicyclic) bond motifs is 2. The Morgan fingerprint density at radius 2 is 1.79 bits per heavy atom. The molecule has 0 amide bonds. The zero-order chi connectivity index (χ0) is 27.0. The van der Waals surface area contributed by atoms with Crippen LogP contribution in [0.2, 0.25) is 0 Å². The van der Waals surface area contributed by atoms with Crippen LogP contribution in [0.1, 0.15) is 80.0 Å². The molecule has 2 aromatic carbocycles. The number of carbonyl (C=O) groups excluding carboxylic acids is 1. The van der Waals surface area contributed by atoms with E-state index >= 15 is 0 Å². The van der Waals surface area contributed by atoms with Crippen molar-refractivity contribution in [2.45, 2.75) is 77.6 Å². The summed E-state index contributed by atoms with van der Waals surface area (Å²) in [5, 5.41) is 1.07. The zero-order valence-corrected chi connectivity index (χ0v) is 23.9. The van der Waals surface area contributed by atoms with Gasteiger partial charge in [-0.15, -0.1) is 11.3 Å². The van der Waals surface area contributed by atoms with Crippen molar-refractivity contribution in [3.8, 4) is 27.8 Å². The molecular formula is C32H39NO5S. The first-order valence-corrected chi connectivity index (χ1v) is 15.3. The van der Waals surface area contributed by atoms with Crippen molar-refractivity contribution in [1.82, 2.24) is 4.98 Å². The summed E-state index contributed by atoms with van der Waals surface area (Å²) in [7, 11) is 0. The Hall–Kier alpha value is -3.06. The average Bonchev–Trinajstić information content (AvgIpc) is 3.56. The third-order valence-corrected chi connectivity index (χ3v) is 8.55. The van der Waals surface area contributed by atoms with E-state index in [4.69, 9.17) is 23.9 Å². The summed E-state index contributed by atoms with van der Waals surface area (Å²) in [6.07, 6.45) is 8.85. The first-order chi connectivity index (χ1) is 19.1. The van der Waals surface area contributed by atoms with E-state index in [9.17, 15) is 4.79 Å². The average molecular weight is 550 g/mol. The quantitative estimate of drug-likeness (QED) is 0.165. The molecule has 1 aromatic heterocycles. The van der Waals surface area contributed by atoms with E-state index in [1.54, 1.807) is 0 Å². The van der Waals surface area contributed by atoms with Gasteiger partial charge in [-0.25, -0.2) is 4.98 Å². The molecule has 0 bridgehead atoms. The summed E-state index contributed by atoms with van der Waals surface area (Å²) in [6.45, 7) is 6.14. The number of thiazole rings is 1. The van der Waals surface area contributed by atoms with Crippen LogP contribution in [0.5, 0.6) is 17.2 Å². The standard InChI is InChI=1S/C32H39NO5S/c1-3-16-37-29-20-24(32-33-27-8-5-6-9-30(27)39-32)12-15-28(29)38-18-7-17-36-25-13-14-26-22(19-25)10-11-23(26)21-31(34)35-4-2/h12-15,19-20,23H,3-11,16-18,21H2,1-2H3/t23-/m0/s1. The van der Waals surface area contributed by atoms with Gasteiger partial charge in [0.25, 0.3) is 0 Å². The molecule has 6 nitrogen and oxygen atoms in total. The molecule has 2 aliphatic rings. The number of carbonyl (C=O) groups is 1. The molecule has 7 heteroatoms. The number of rotatable bonds is 13. The van der Waals surface area contributed by atoms with E-state index in [0.29, 0.717) is 32.8 Å². The molecular weight excluding hydrogens is 510 g/mol. The number of hydrogen-bond acceptors (Lipinski definition) is 7. The smallest absolute Gasteiger partial charge is 0.306 e. The van der Waals surface area contributed by atoms with Crippen LogP contribution in [-0.4, -0.2) is 37.4 Å². The van der Waals surface area contributed by atoms with Gasteiger partial charge in [-0.3, -0.25) is 4.79 Å². The fourth-order valence-corrected chi connectivity index (χ4v) is 6.54. The molecule has 39 heavy (non-hydrogen) atoms. The van der Waals surface area contributed by atoms with Crippen LogP contribution in [0.3, 0.4) is 0 Å². The van der Waals surface area contributed by atoms with E-state index < -0.39 is 0 Å². The van der Waals surface area contributed by atoms with Gasteiger partial charge in [0.05, 0.1) is 38.5 Å². The van der Waals surface area contributed by atoms with Crippen LogP contribution >= 0.6 is 11.3 Å². The fourth-order valence-electron chi connectivity index (χ4n) is 5.40. The van der Waals surface area contributed by atoms with Crippen LogP contribution in [0, 0.1) is 0 Å². The molecule has 1 heterocycles. The SMILES string of the molecule is CCCOc1cc(-c2nc3c(s2)CCCC3)ccc1OCCCOc1ccc2c(c1)CC[C@H]2CC(=O)OCC. The minimum Gasteiger partial charge on any atom is -0.493 e. The normalized spacial score (nSPS) is 15.9. The Bertz CT molecular complexity index is 1250. The second-order valence-corrected chi connectivity index (χ2v) is 11.3. The molecule has 0 unspecified atom stereocenters. The maximum absolute atomic E-state index is 11.9. The first kappa shape index (κ1) is 27.5. The van der Waals surface area contributed by atoms with Gasteiger partial charge in [0.15, 0.2) is 11.5 Å². The Morgan fingerprint density at radius 3 is 2.64 bits per heavy atom. The van der Waals surface area contributed by atoms with Gasteiger partial charge in [0.2, 0.25) is 0 Å². The molecule has 0 saturated heterocycles. The number of nitrogens with zero attached hydrogens (tertiary/aromatic N) is 1. The number of aromatic nitrogens is 1. The lowest BCUT2D eigenvalue weighted by Crippen LogP contribution is -2.08. The summed E-state index contributed by atoms with van der Waals surface area (Å²) in [5.74, 6) is 2.54. The topological polar surface area (TPSA) is 66.9 Å². The van der Waals surface area contributed by atoms with E-state index in [2.05, 4.69) is 31.2 Å². The van der Waals surface area contributed by atoms with Crippen LogP contribution in [-0.2, 0) is 28.8 Å². The molecule has 2 aliphatic carbocycles. The minimum atomic E-state index is -0.115. The van der Waals surface area contributed by atoms with Crippen molar-refractivity contribution in [3.05, 3.63) is 58.1 Å². The Labute approximate surface area is 235 Å². The Morgan fingerprint density at radius 1 is 0.949 bits per heavy atom. The minimum absolute atomic E-state index is 0.115. The molecule has 0 N–H and O–H groups in total. The molecule has 0 saturated carbocycles. The highest BCUT2D eigenvalue weighted by atomic mass is 32.1. The van der Waals surface area contributed by atoms with Gasteiger partial charge >= 0.3 is 5.97 Å². The number of hydrogen-bond donors (Lipinski definition) is 0. The van der Waals surface area contributed by atoms with Crippen LogP contribution in [0.4, 0.5) is 0 Å². The summed E-state index contributed by atoms with van der Waals surface area (Å²) in [6, 6.07) is 12.4. The summed E-state index contributed by atoms with van der Waals surface area (Å²) in [4.78, 5) is 18.3. The maximum atomic E-state index is 11.9. The number of aryl methyl sites for hydroxylation is 3. The van der Waals surface area contributed by atoms with Gasteiger partial charge in [-0.05, 0) is 99.2 Å². The second-order valence-electron chi connectivity index (χ2n) is 10.3. The van der Waals surface area contributed by atoms with Crippen molar-refractivity contribution in [2.75, 3.05) is 26.4 Å². The summed E-state index contributed by atoms with van der Waals surface area (Å²) < 4.78 is 23.3. The lowest BCUT2D eigenvalue weighted by Gasteiger charge is -2.14. The predicted molar refractivity (Wildman–Crippen MR) is 154 cm³/mol. The number of ether oxygens (including phenoxy) is 4. The zero-order valence-electron chi connectivity index (χ0n) is 23.1. The summed E-state index contributed by atoms with van der Waals surface area (Å²) in [5.41, 5.74) is 4.89. The number of esters is 1. The highest BCUT2D eigenvalue weighted by Crippen LogP contribution is 2.39. The van der Waals surface area contributed by atoms with Crippen molar-refractivity contribution < 1.29 is 23.7 Å². The monoisotopic (exact) mass is 549 g/mol.